The number of ether oxygens (including phenoxy) is 2. The van der Waals surface area contributed by atoms with Crippen molar-refractivity contribution in [1.29, 1.82) is 0 Å². The summed E-state index contributed by atoms with van der Waals surface area (Å²) in [5, 5.41) is 4.94. The molecule has 1 heterocycles. The molecule has 1 aromatic carbocycles. The van der Waals surface area contributed by atoms with Crippen molar-refractivity contribution in [2.75, 3.05) is 13.2 Å². The van der Waals surface area contributed by atoms with Crippen molar-refractivity contribution in [1.82, 2.24) is 9.97 Å². The number of benzene rings is 1. The number of rotatable bonds is 6. The molecule has 166 valence electrons. The summed E-state index contributed by atoms with van der Waals surface area (Å²) in [5.74, 6) is -2.78. The molecule has 0 unspecified atom stereocenters. The Hall–Kier alpha value is -1.88. The number of hydrogen-bond acceptors (Lipinski definition) is 6. The lowest BCUT2D eigenvalue weighted by atomic mass is 10.1. The number of aryl methyl sites for hydroxylation is 1. The molecule has 0 spiro atoms. The van der Waals surface area contributed by atoms with Crippen molar-refractivity contribution in [3.8, 4) is 23.1 Å². The number of halogens is 7. The van der Waals surface area contributed by atoms with Crippen molar-refractivity contribution in [2.24, 2.45) is 5.14 Å². The third-order valence-corrected chi connectivity index (χ3v) is 4.85. The smallest absolute Gasteiger partial charge is 0.422 e. The summed E-state index contributed by atoms with van der Waals surface area (Å²) in [7, 11) is -4.93. The van der Waals surface area contributed by atoms with E-state index in [1.165, 1.54) is 6.07 Å². The quantitative estimate of drug-likeness (QED) is 0.420. The van der Waals surface area contributed by atoms with E-state index in [0.29, 0.717) is 5.56 Å². The summed E-state index contributed by atoms with van der Waals surface area (Å²) in [6, 6.07) is 4.66. The van der Waals surface area contributed by atoms with Gasteiger partial charge in [-0.1, -0.05) is 0 Å². The number of nitrogens with two attached hydrogens (primary N) is 1. The van der Waals surface area contributed by atoms with Crippen LogP contribution in [0.3, 0.4) is 0 Å². The van der Waals surface area contributed by atoms with Gasteiger partial charge in [0.15, 0.2) is 19.0 Å². The van der Waals surface area contributed by atoms with Crippen LogP contribution in [0.25, 0.3) is 11.4 Å². The van der Waals surface area contributed by atoms with Gasteiger partial charge in [0.25, 0.3) is 0 Å². The Morgan fingerprint density at radius 2 is 1.47 bits per heavy atom. The Bertz CT molecular complexity index is 1000. The maximum atomic E-state index is 12.6. The van der Waals surface area contributed by atoms with Crippen LogP contribution >= 0.6 is 22.6 Å². The molecule has 2 aromatic rings. The van der Waals surface area contributed by atoms with Gasteiger partial charge in [-0.05, 0) is 53.3 Å². The van der Waals surface area contributed by atoms with Crippen molar-refractivity contribution in [3.63, 3.8) is 0 Å². The molecular formula is C15H12F6IN3O4S. The number of hydrogen-bond donors (Lipinski definition) is 1. The van der Waals surface area contributed by atoms with Crippen LogP contribution in [0, 0.1) is 10.5 Å². The van der Waals surface area contributed by atoms with Crippen LogP contribution in [0.5, 0.6) is 11.8 Å². The van der Waals surface area contributed by atoms with Crippen molar-refractivity contribution in [3.05, 3.63) is 27.3 Å². The van der Waals surface area contributed by atoms with E-state index in [0.717, 1.165) is 3.57 Å². The van der Waals surface area contributed by atoms with Crippen LogP contribution in [0.4, 0.5) is 26.3 Å². The highest BCUT2D eigenvalue weighted by atomic mass is 127. The van der Waals surface area contributed by atoms with E-state index in [2.05, 4.69) is 19.4 Å². The molecule has 30 heavy (non-hydrogen) atoms. The highest BCUT2D eigenvalue weighted by Gasteiger charge is 2.35. The van der Waals surface area contributed by atoms with Crippen LogP contribution < -0.4 is 14.6 Å². The van der Waals surface area contributed by atoms with E-state index in [4.69, 9.17) is 5.14 Å². The highest BCUT2D eigenvalue weighted by molar-refractivity contribution is 14.1. The third-order valence-electron chi connectivity index (χ3n) is 3.26. The average molecular weight is 571 g/mol. The topological polar surface area (TPSA) is 104 Å². The zero-order valence-corrected chi connectivity index (χ0v) is 17.8. The molecular weight excluding hydrogens is 559 g/mol. The maximum Gasteiger partial charge on any atom is 0.422 e. The molecule has 0 aliphatic heterocycles. The lowest BCUT2D eigenvalue weighted by molar-refractivity contribution is -0.155. The molecule has 2 N–H and O–H groups in total. The van der Waals surface area contributed by atoms with Crippen LogP contribution in [0.2, 0.25) is 0 Å². The second kappa shape index (κ2) is 8.70. The van der Waals surface area contributed by atoms with Gasteiger partial charge in [0.2, 0.25) is 26.7 Å². The fourth-order valence-corrected chi connectivity index (χ4v) is 3.49. The van der Waals surface area contributed by atoms with E-state index in [1.54, 1.807) is 19.1 Å². The van der Waals surface area contributed by atoms with Crippen LogP contribution in [-0.4, -0.2) is 44.0 Å². The first kappa shape index (κ1) is 24.4. The molecule has 0 aliphatic carbocycles. The molecule has 2 rings (SSSR count). The second-order valence-electron chi connectivity index (χ2n) is 5.80. The van der Waals surface area contributed by atoms with E-state index in [9.17, 15) is 34.8 Å². The molecule has 0 saturated heterocycles. The zero-order valence-electron chi connectivity index (χ0n) is 14.8. The number of alkyl halides is 6. The van der Waals surface area contributed by atoms with Crippen molar-refractivity contribution >= 4 is 32.6 Å². The first-order chi connectivity index (χ1) is 13.6. The van der Waals surface area contributed by atoms with Gasteiger partial charge in [-0.25, -0.2) is 13.6 Å². The van der Waals surface area contributed by atoms with E-state index in [1.807, 2.05) is 22.6 Å². The van der Waals surface area contributed by atoms with E-state index >= 15 is 0 Å². The lowest BCUT2D eigenvalue weighted by Gasteiger charge is -2.17. The minimum Gasteiger partial charge on any atom is -0.467 e. The molecule has 15 heteroatoms. The van der Waals surface area contributed by atoms with Crippen LogP contribution in [-0.2, 0) is 10.0 Å². The van der Waals surface area contributed by atoms with Crippen LogP contribution in [0.15, 0.2) is 23.1 Å². The van der Waals surface area contributed by atoms with E-state index < -0.39 is 58.1 Å². The largest absolute Gasteiger partial charge is 0.467 e. The minimum atomic E-state index is -4.93. The summed E-state index contributed by atoms with van der Waals surface area (Å²) in [6.07, 6.45) is -9.79. The molecule has 0 radical (unpaired) electrons. The van der Waals surface area contributed by atoms with Crippen molar-refractivity contribution < 1.29 is 44.2 Å². The Morgan fingerprint density at radius 3 is 1.83 bits per heavy atom. The zero-order chi connectivity index (χ0) is 22.9. The normalized spacial score (nSPS) is 12.7. The Balaban J connectivity index is 2.72. The summed E-state index contributed by atoms with van der Waals surface area (Å²) < 4.78 is 109. The number of aromatic nitrogens is 2. The van der Waals surface area contributed by atoms with Gasteiger partial charge in [-0.2, -0.15) is 36.3 Å². The summed E-state index contributed by atoms with van der Waals surface area (Å²) >= 11 is 1.98. The van der Waals surface area contributed by atoms with Gasteiger partial charge < -0.3 is 9.47 Å². The molecule has 0 amide bonds. The fourth-order valence-electron chi connectivity index (χ4n) is 2.15. The third kappa shape index (κ3) is 6.83. The number of nitrogens with zero attached hydrogens (tertiary/aromatic N) is 2. The van der Waals surface area contributed by atoms with Gasteiger partial charge in [-0.15, -0.1) is 0 Å². The van der Waals surface area contributed by atoms with Gasteiger partial charge in [0.1, 0.15) is 0 Å². The maximum absolute atomic E-state index is 12.6. The average Bonchev–Trinajstić information content (AvgIpc) is 2.55. The van der Waals surface area contributed by atoms with Gasteiger partial charge in [0, 0.05) is 9.13 Å². The Morgan fingerprint density at radius 1 is 1.00 bits per heavy atom. The first-order valence-corrected chi connectivity index (χ1v) is 10.3. The molecule has 0 aliphatic rings. The lowest BCUT2D eigenvalue weighted by Crippen LogP contribution is -2.25. The molecule has 0 saturated carbocycles. The SMILES string of the molecule is Cc1cc(I)ccc1-c1nc(OCC(F)(F)F)c(S(N)(=O)=O)c(OCC(F)(F)F)n1. The predicted molar refractivity (Wildman–Crippen MR) is 99.4 cm³/mol. The molecule has 0 bridgehead atoms. The highest BCUT2D eigenvalue weighted by Crippen LogP contribution is 2.35. The Kier molecular flexibility index (Phi) is 7.07. The number of sulfonamides is 1. The van der Waals surface area contributed by atoms with E-state index in [-0.39, 0.29) is 5.56 Å². The Labute approximate surface area is 179 Å². The summed E-state index contributed by atoms with van der Waals surface area (Å²) in [5.41, 5.74) is 0.707. The molecule has 0 atom stereocenters. The second-order valence-corrected chi connectivity index (χ2v) is 8.54. The molecule has 0 fully saturated rings. The standard InChI is InChI=1S/C15H12F6IN3O4S/c1-7-4-8(22)2-3-9(7)11-24-12(28-5-14(16,17)18)10(30(23,26)27)13(25-11)29-6-15(19,20)21/h2-4H,5-6H2,1H3,(H2,23,26,27). The van der Waals surface area contributed by atoms with Crippen LogP contribution in [0.1, 0.15) is 5.56 Å². The predicted octanol–water partition coefficient (Wildman–Crippen LogP) is 3.59. The summed E-state index contributed by atoms with van der Waals surface area (Å²) in [6.45, 7) is -2.37. The molecule has 7 nitrogen and oxygen atoms in total. The minimum absolute atomic E-state index is 0.199. The first-order valence-electron chi connectivity index (χ1n) is 7.67. The fraction of sp³-hybridized carbons (Fsp3) is 0.333. The number of primary sulfonamides is 1. The van der Waals surface area contributed by atoms with Gasteiger partial charge in [0.05, 0.1) is 0 Å². The van der Waals surface area contributed by atoms with Crippen molar-refractivity contribution in [2.45, 2.75) is 24.2 Å². The van der Waals surface area contributed by atoms with Gasteiger partial charge in [-0.3, -0.25) is 0 Å². The van der Waals surface area contributed by atoms with Gasteiger partial charge >= 0.3 is 12.4 Å². The monoisotopic (exact) mass is 571 g/mol. The summed E-state index contributed by atoms with van der Waals surface area (Å²) in [4.78, 5) is 5.97. The molecule has 1 aromatic heterocycles.